The molecule has 124 valence electrons. The largest absolute Gasteiger partial charge is 0.489 e. The second-order valence-corrected chi connectivity index (χ2v) is 5.88. The SMILES string of the molecule is O=C(O)[C@@H]1CCN(C(=O)c2cccc(OCc3ccccc3)c2)C1. The Morgan fingerprint density at radius 2 is 1.92 bits per heavy atom. The number of likely N-dealkylation sites (tertiary alicyclic amines) is 1. The molecule has 0 radical (unpaired) electrons. The van der Waals surface area contributed by atoms with E-state index in [9.17, 15) is 9.59 Å². The summed E-state index contributed by atoms with van der Waals surface area (Å²) in [7, 11) is 0. The minimum absolute atomic E-state index is 0.149. The van der Waals surface area contributed by atoms with Crippen LogP contribution in [0.3, 0.4) is 0 Å². The Labute approximate surface area is 140 Å². The van der Waals surface area contributed by atoms with Crippen LogP contribution in [0.2, 0.25) is 0 Å². The second-order valence-electron chi connectivity index (χ2n) is 5.88. The number of carboxylic acids is 1. The third-order valence-corrected chi connectivity index (χ3v) is 4.15. The summed E-state index contributed by atoms with van der Waals surface area (Å²) in [6.45, 7) is 1.18. The Morgan fingerprint density at radius 1 is 1.12 bits per heavy atom. The van der Waals surface area contributed by atoms with E-state index in [0.717, 1.165) is 5.56 Å². The number of amides is 1. The number of hydrogen-bond donors (Lipinski definition) is 1. The summed E-state index contributed by atoms with van der Waals surface area (Å²) in [5.41, 5.74) is 1.57. The zero-order valence-electron chi connectivity index (χ0n) is 13.2. The normalized spacial score (nSPS) is 16.8. The molecule has 5 heteroatoms. The van der Waals surface area contributed by atoms with Crippen LogP contribution in [0.1, 0.15) is 22.3 Å². The van der Waals surface area contributed by atoms with Gasteiger partial charge in [-0.1, -0.05) is 36.4 Å². The van der Waals surface area contributed by atoms with Gasteiger partial charge in [-0.25, -0.2) is 0 Å². The highest BCUT2D eigenvalue weighted by Gasteiger charge is 2.31. The van der Waals surface area contributed by atoms with Gasteiger partial charge in [0.1, 0.15) is 12.4 Å². The summed E-state index contributed by atoms with van der Waals surface area (Å²) in [6.07, 6.45) is 0.505. The average molecular weight is 325 g/mol. The summed E-state index contributed by atoms with van der Waals surface area (Å²) in [6, 6.07) is 16.8. The van der Waals surface area contributed by atoms with Crippen LogP contribution in [-0.4, -0.2) is 35.0 Å². The van der Waals surface area contributed by atoms with Crippen molar-refractivity contribution < 1.29 is 19.4 Å². The Morgan fingerprint density at radius 3 is 2.62 bits per heavy atom. The fraction of sp³-hybridized carbons (Fsp3) is 0.263. The first-order valence-corrected chi connectivity index (χ1v) is 7.92. The number of carboxylic acid groups (broad SMARTS) is 1. The molecule has 5 nitrogen and oxygen atoms in total. The zero-order chi connectivity index (χ0) is 16.9. The van der Waals surface area contributed by atoms with Crippen LogP contribution >= 0.6 is 0 Å². The third-order valence-electron chi connectivity index (χ3n) is 4.15. The van der Waals surface area contributed by atoms with E-state index in [4.69, 9.17) is 9.84 Å². The van der Waals surface area contributed by atoms with Gasteiger partial charge in [0.05, 0.1) is 5.92 Å². The molecule has 1 aliphatic heterocycles. The highest BCUT2D eigenvalue weighted by Crippen LogP contribution is 2.21. The molecule has 1 atom stereocenters. The van der Waals surface area contributed by atoms with Crippen LogP contribution < -0.4 is 4.74 Å². The molecule has 2 aromatic carbocycles. The van der Waals surface area contributed by atoms with E-state index in [1.165, 1.54) is 0 Å². The van der Waals surface area contributed by atoms with Crippen LogP contribution in [-0.2, 0) is 11.4 Å². The van der Waals surface area contributed by atoms with Crippen molar-refractivity contribution in [2.24, 2.45) is 5.92 Å². The first kappa shape index (κ1) is 16.1. The number of carbonyl (C=O) groups excluding carboxylic acids is 1. The Kier molecular flexibility index (Phi) is 4.79. The van der Waals surface area contributed by atoms with Gasteiger partial charge in [0.25, 0.3) is 5.91 Å². The van der Waals surface area contributed by atoms with Gasteiger partial charge in [0, 0.05) is 18.7 Å². The van der Waals surface area contributed by atoms with E-state index in [2.05, 4.69) is 0 Å². The third kappa shape index (κ3) is 3.74. The molecule has 1 heterocycles. The fourth-order valence-electron chi connectivity index (χ4n) is 2.79. The molecule has 1 saturated heterocycles. The van der Waals surface area contributed by atoms with Crippen molar-refractivity contribution >= 4 is 11.9 Å². The second kappa shape index (κ2) is 7.17. The average Bonchev–Trinajstić information content (AvgIpc) is 3.11. The van der Waals surface area contributed by atoms with Gasteiger partial charge in [-0.05, 0) is 30.2 Å². The van der Waals surface area contributed by atoms with Crippen LogP contribution in [0.4, 0.5) is 0 Å². The van der Waals surface area contributed by atoms with Gasteiger partial charge in [0.15, 0.2) is 0 Å². The highest BCUT2D eigenvalue weighted by molar-refractivity contribution is 5.95. The Hall–Kier alpha value is -2.82. The van der Waals surface area contributed by atoms with Crippen LogP contribution in [0.15, 0.2) is 54.6 Å². The molecule has 1 aliphatic rings. The Balaban J connectivity index is 1.64. The van der Waals surface area contributed by atoms with Crippen molar-refractivity contribution in [3.8, 4) is 5.75 Å². The number of hydrogen-bond acceptors (Lipinski definition) is 3. The maximum atomic E-state index is 12.5. The monoisotopic (exact) mass is 325 g/mol. The number of benzene rings is 2. The summed E-state index contributed by atoms with van der Waals surface area (Å²) in [5.74, 6) is -0.834. The topological polar surface area (TPSA) is 66.8 Å². The molecule has 2 aromatic rings. The molecular weight excluding hydrogens is 306 g/mol. The molecule has 3 rings (SSSR count). The molecule has 1 amide bonds. The van der Waals surface area contributed by atoms with Crippen molar-refractivity contribution in [2.45, 2.75) is 13.0 Å². The lowest BCUT2D eigenvalue weighted by Crippen LogP contribution is -2.29. The molecule has 0 unspecified atom stereocenters. The van der Waals surface area contributed by atoms with Crippen molar-refractivity contribution in [1.82, 2.24) is 4.90 Å². The summed E-state index contributed by atoms with van der Waals surface area (Å²) in [5, 5.41) is 9.05. The standard InChI is InChI=1S/C19H19NO4/c21-18(20-10-9-16(12-20)19(22)23)15-7-4-8-17(11-15)24-13-14-5-2-1-3-6-14/h1-8,11,16H,9-10,12-13H2,(H,22,23)/t16-/m1/s1. The summed E-state index contributed by atoms with van der Waals surface area (Å²) in [4.78, 5) is 25.1. The summed E-state index contributed by atoms with van der Waals surface area (Å²) >= 11 is 0. The van der Waals surface area contributed by atoms with E-state index in [1.54, 1.807) is 23.1 Å². The predicted molar refractivity (Wildman–Crippen MR) is 88.9 cm³/mol. The molecule has 0 saturated carbocycles. The fourth-order valence-corrected chi connectivity index (χ4v) is 2.79. The maximum Gasteiger partial charge on any atom is 0.308 e. The van der Waals surface area contributed by atoms with E-state index in [-0.39, 0.29) is 12.5 Å². The van der Waals surface area contributed by atoms with Crippen molar-refractivity contribution in [1.29, 1.82) is 0 Å². The quantitative estimate of drug-likeness (QED) is 0.918. The van der Waals surface area contributed by atoms with Gasteiger partial charge in [-0.3, -0.25) is 9.59 Å². The van der Waals surface area contributed by atoms with Crippen molar-refractivity contribution in [3.05, 3.63) is 65.7 Å². The number of aliphatic carboxylic acids is 1. The minimum atomic E-state index is -0.842. The van der Waals surface area contributed by atoms with Gasteiger partial charge in [0.2, 0.25) is 0 Å². The minimum Gasteiger partial charge on any atom is -0.489 e. The Bertz CT molecular complexity index is 729. The molecule has 0 spiro atoms. The van der Waals surface area contributed by atoms with E-state index in [0.29, 0.717) is 30.9 Å². The molecule has 1 fully saturated rings. The number of carbonyl (C=O) groups is 2. The van der Waals surface area contributed by atoms with Crippen LogP contribution in [0, 0.1) is 5.92 Å². The summed E-state index contributed by atoms with van der Waals surface area (Å²) < 4.78 is 5.74. The first-order chi connectivity index (χ1) is 11.6. The molecule has 0 aliphatic carbocycles. The number of rotatable bonds is 5. The molecular formula is C19H19NO4. The van der Waals surface area contributed by atoms with Gasteiger partial charge in [-0.2, -0.15) is 0 Å². The molecule has 0 aromatic heterocycles. The lowest BCUT2D eigenvalue weighted by molar-refractivity contribution is -0.141. The first-order valence-electron chi connectivity index (χ1n) is 7.92. The zero-order valence-corrected chi connectivity index (χ0v) is 13.2. The van der Waals surface area contributed by atoms with Gasteiger partial charge < -0.3 is 14.7 Å². The lowest BCUT2D eigenvalue weighted by Gasteiger charge is -2.16. The maximum absolute atomic E-state index is 12.5. The van der Waals surface area contributed by atoms with Crippen molar-refractivity contribution in [3.63, 3.8) is 0 Å². The van der Waals surface area contributed by atoms with E-state index >= 15 is 0 Å². The van der Waals surface area contributed by atoms with Gasteiger partial charge in [-0.15, -0.1) is 0 Å². The van der Waals surface area contributed by atoms with Crippen LogP contribution in [0.5, 0.6) is 5.75 Å². The molecule has 0 bridgehead atoms. The van der Waals surface area contributed by atoms with Crippen LogP contribution in [0.25, 0.3) is 0 Å². The lowest BCUT2D eigenvalue weighted by atomic mass is 10.1. The number of nitrogens with zero attached hydrogens (tertiary/aromatic N) is 1. The molecule has 24 heavy (non-hydrogen) atoms. The highest BCUT2D eigenvalue weighted by atomic mass is 16.5. The van der Waals surface area contributed by atoms with E-state index in [1.807, 2.05) is 36.4 Å². The molecule has 1 N–H and O–H groups in total. The van der Waals surface area contributed by atoms with E-state index < -0.39 is 11.9 Å². The smallest absolute Gasteiger partial charge is 0.308 e. The number of ether oxygens (including phenoxy) is 1. The predicted octanol–water partition coefficient (Wildman–Crippen LogP) is 2.81. The van der Waals surface area contributed by atoms with Gasteiger partial charge >= 0.3 is 5.97 Å². The van der Waals surface area contributed by atoms with Crippen molar-refractivity contribution in [2.75, 3.05) is 13.1 Å².